The Morgan fingerprint density at radius 3 is 2.88 bits per heavy atom. The molecule has 2 aliphatic rings. The van der Waals surface area contributed by atoms with Crippen LogP contribution < -0.4 is 14.8 Å². The van der Waals surface area contributed by atoms with Crippen LogP contribution in [0.3, 0.4) is 0 Å². The SMILES string of the molecule is O=C1CCC(CCNCc2cc3c(cc2Cl)OCO3)N1Cc1cccc(-n2cccn2)c1. The van der Waals surface area contributed by atoms with E-state index in [1.807, 2.05) is 40.0 Å². The minimum absolute atomic E-state index is 0.221. The van der Waals surface area contributed by atoms with Gasteiger partial charge in [-0.2, -0.15) is 5.10 Å². The molecule has 1 atom stereocenters. The van der Waals surface area contributed by atoms with Crippen LogP contribution in [0, 0.1) is 0 Å². The van der Waals surface area contributed by atoms with Gasteiger partial charge in [-0.1, -0.05) is 23.7 Å². The molecule has 0 bridgehead atoms. The zero-order chi connectivity index (χ0) is 21.9. The number of hydrogen-bond donors (Lipinski definition) is 1. The molecule has 32 heavy (non-hydrogen) atoms. The lowest BCUT2D eigenvalue weighted by atomic mass is 10.1. The Morgan fingerprint density at radius 2 is 2.03 bits per heavy atom. The largest absolute Gasteiger partial charge is 0.454 e. The molecular weight excluding hydrogens is 428 g/mol. The number of likely N-dealkylation sites (tertiary alicyclic amines) is 1. The van der Waals surface area contributed by atoms with E-state index < -0.39 is 0 Å². The van der Waals surface area contributed by atoms with Crippen LogP contribution in [0.15, 0.2) is 54.9 Å². The van der Waals surface area contributed by atoms with Crippen LogP contribution in [0.2, 0.25) is 5.02 Å². The van der Waals surface area contributed by atoms with E-state index in [0.29, 0.717) is 30.3 Å². The van der Waals surface area contributed by atoms with Crippen molar-refractivity contribution in [2.24, 2.45) is 0 Å². The first-order valence-electron chi connectivity index (χ1n) is 10.8. The van der Waals surface area contributed by atoms with Gasteiger partial charge >= 0.3 is 0 Å². The molecule has 8 heteroatoms. The molecular formula is C24H25ClN4O3. The minimum atomic E-state index is 0.221. The number of nitrogens with zero attached hydrogens (tertiary/aromatic N) is 3. The van der Waals surface area contributed by atoms with Gasteiger partial charge in [-0.05, 0) is 54.8 Å². The number of fused-ring (bicyclic) bond motifs is 1. The average molecular weight is 453 g/mol. The van der Waals surface area contributed by atoms with E-state index in [1.54, 1.807) is 12.3 Å². The fourth-order valence-corrected chi connectivity index (χ4v) is 4.53. The number of nitrogens with one attached hydrogen (secondary N) is 1. The third kappa shape index (κ3) is 4.45. The highest BCUT2D eigenvalue weighted by atomic mass is 35.5. The van der Waals surface area contributed by atoms with Crippen molar-refractivity contribution >= 4 is 17.5 Å². The summed E-state index contributed by atoms with van der Waals surface area (Å²) in [6, 6.07) is 14.0. The van der Waals surface area contributed by atoms with Crippen molar-refractivity contribution in [1.29, 1.82) is 0 Å². The number of halogens is 1. The molecule has 1 saturated heterocycles. The predicted octanol–water partition coefficient (Wildman–Crippen LogP) is 3.93. The molecule has 3 heterocycles. The van der Waals surface area contributed by atoms with Gasteiger partial charge in [0.2, 0.25) is 12.7 Å². The molecule has 0 radical (unpaired) electrons. The fourth-order valence-electron chi connectivity index (χ4n) is 4.31. The lowest BCUT2D eigenvalue weighted by molar-refractivity contribution is -0.129. The Hall–Kier alpha value is -3.03. The molecule has 3 aromatic rings. The maximum absolute atomic E-state index is 12.6. The number of hydrogen-bond acceptors (Lipinski definition) is 5. The highest BCUT2D eigenvalue weighted by Crippen LogP contribution is 2.36. The van der Waals surface area contributed by atoms with E-state index in [2.05, 4.69) is 22.5 Å². The molecule has 5 rings (SSSR count). The standard InChI is InChI=1S/C24H25ClN4O3/c25-21-13-23-22(31-16-32-23)12-18(21)14-26-9-7-19-5-6-24(30)28(19)15-17-3-1-4-20(11-17)29-10-2-8-27-29/h1-4,8,10-13,19,26H,5-7,9,14-16H2. The highest BCUT2D eigenvalue weighted by molar-refractivity contribution is 6.31. The number of carbonyl (C=O) groups excluding carboxylic acids is 1. The maximum Gasteiger partial charge on any atom is 0.231 e. The summed E-state index contributed by atoms with van der Waals surface area (Å²) in [7, 11) is 0. The van der Waals surface area contributed by atoms with Crippen LogP contribution in [-0.2, 0) is 17.9 Å². The number of rotatable bonds is 8. The van der Waals surface area contributed by atoms with Gasteiger partial charge in [-0.25, -0.2) is 4.68 Å². The van der Waals surface area contributed by atoms with E-state index in [-0.39, 0.29) is 18.7 Å². The quantitative estimate of drug-likeness (QED) is 0.524. The van der Waals surface area contributed by atoms with Crippen molar-refractivity contribution < 1.29 is 14.3 Å². The molecule has 1 unspecified atom stereocenters. The Kier molecular flexibility index (Phi) is 6.01. The Morgan fingerprint density at radius 1 is 1.16 bits per heavy atom. The van der Waals surface area contributed by atoms with Crippen molar-refractivity contribution in [2.45, 2.75) is 38.4 Å². The summed E-state index contributed by atoms with van der Waals surface area (Å²) in [5, 5.41) is 8.41. The molecule has 0 aliphatic carbocycles. The lowest BCUT2D eigenvalue weighted by Crippen LogP contribution is -2.34. The molecule has 1 aromatic heterocycles. The highest BCUT2D eigenvalue weighted by Gasteiger charge is 2.30. The molecule has 7 nitrogen and oxygen atoms in total. The fraction of sp³-hybridized carbons (Fsp3) is 0.333. The van der Waals surface area contributed by atoms with E-state index >= 15 is 0 Å². The van der Waals surface area contributed by atoms with Crippen LogP contribution in [0.1, 0.15) is 30.4 Å². The first-order valence-corrected chi connectivity index (χ1v) is 11.2. The van der Waals surface area contributed by atoms with Crippen molar-refractivity contribution in [3.05, 3.63) is 71.0 Å². The van der Waals surface area contributed by atoms with E-state index in [1.165, 1.54) is 0 Å². The molecule has 0 spiro atoms. The lowest BCUT2D eigenvalue weighted by Gasteiger charge is -2.25. The molecule has 1 N–H and O–H groups in total. The molecule has 1 amide bonds. The van der Waals surface area contributed by atoms with Gasteiger partial charge in [0.05, 0.1) is 5.69 Å². The first-order chi connectivity index (χ1) is 15.7. The Labute approximate surface area is 191 Å². The third-order valence-electron chi connectivity index (χ3n) is 6.00. The van der Waals surface area contributed by atoms with Crippen molar-refractivity contribution in [3.63, 3.8) is 0 Å². The van der Waals surface area contributed by atoms with E-state index in [9.17, 15) is 4.79 Å². The molecule has 0 saturated carbocycles. The molecule has 2 aliphatic heterocycles. The summed E-state index contributed by atoms with van der Waals surface area (Å²) in [6.45, 7) is 2.29. The maximum atomic E-state index is 12.6. The van der Waals surface area contributed by atoms with E-state index in [0.717, 1.165) is 42.0 Å². The second-order valence-corrected chi connectivity index (χ2v) is 8.50. The van der Waals surface area contributed by atoms with Gasteiger partial charge in [0.1, 0.15) is 0 Å². The van der Waals surface area contributed by atoms with Gasteiger partial charge in [0, 0.05) is 49.0 Å². The second-order valence-electron chi connectivity index (χ2n) is 8.10. The summed E-state index contributed by atoms with van der Waals surface area (Å²) in [5.74, 6) is 1.64. The van der Waals surface area contributed by atoms with Crippen LogP contribution in [0.25, 0.3) is 5.69 Å². The summed E-state index contributed by atoms with van der Waals surface area (Å²) in [6.07, 6.45) is 6.08. The molecule has 1 fully saturated rings. The normalized spacial score (nSPS) is 17.3. The van der Waals surface area contributed by atoms with Crippen molar-refractivity contribution in [1.82, 2.24) is 20.0 Å². The predicted molar refractivity (Wildman–Crippen MR) is 121 cm³/mol. The van der Waals surface area contributed by atoms with Gasteiger partial charge in [-0.15, -0.1) is 0 Å². The summed E-state index contributed by atoms with van der Waals surface area (Å²) in [4.78, 5) is 14.6. The van der Waals surface area contributed by atoms with Gasteiger partial charge in [-0.3, -0.25) is 4.79 Å². The minimum Gasteiger partial charge on any atom is -0.454 e. The van der Waals surface area contributed by atoms with Crippen molar-refractivity contribution in [3.8, 4) is 17.2 Å². The number of amides is 1. The van der Waals surface area contributed by atoms with Crippen LogP contribution in [0.4, 0.5) is 0 Å². The number of aromatic nitrogens is 2. The Balaban J connectivity index is 1.17. The van der Waals surface area contributed by atoms with Crippen LogP contribution in [0.5, 0.6) is 11.5 Å². The molecule has 2 aromatic carbocycles. The zero-order valence-electron chi connectivity index (χ0n) is 17.7. The summed E-state index contributed by atoms with van der Waals surface area (Å²) < 4.78 is 12.6. The number of ether oxygens (including phenoxy) is 2. The zero-order valence-corrected chi connectivity index (χ0v) is 18.4. The molecule has 166 valence electrons. The van der Waals surface area contributed by atoms with Gasteiger partial charge in [0.15, 0.2) is 11.5 Å². The number of carbonyl (C=O) groups is 1. The topological polar surface area (TPSA) is 68.6 Å². The van der Waals surface area contributed by atoms with Gasteiger partial charge < -0.3 is 19.7 Å². The van der Waals surface area contributed by atoms with Gasteiger partial charge in [0.25, 0.3) is 0 Å². The summed E-state index contributed by atoms with van der Waals surface area (Å²) >= 11 is 6.36. The van der Waals surface area contributed by atoms with E-state index in [4.69, 9.17) is 21.1 Å². The third-order valence-corrected chi connectivity index (χ3v) is 6.35. The smallest absolute Gasteiger partial charge is 0.231 e. The first kappa shape index (κ1) is 20.8. The van der Waals surface area contributed by atoms with Crippen LogP contribution >= 0.6 is 11.6 Å². The monoisotopic (exact) mass is 452 g/mol. The number of benzene rings is 2. The van der Waals surface area contributed by atoms with Crippen molar-refractivity contribution in [2.75, 3.05) is 13.3 Å². The second kappa shape index (κ2) is 9.22. The Bertz CT molecular complexity index is 1100. The summed E-state index contributed by atoms with van der Waals surface area (Å²) in [5.41, 5.74) is 3.09. The average Bonchev–Trinajstić information content (AvgIpc) is 3.55. The van der Waals surface area contributed by atoms with Crippen LogP contribution in [-0.4, -0.2) is 40.0 Å².